The molecule has 4 aromatic rings. The van der Waals surface area contributed by atoms with Crippen LogP contribution in [0.5, 0.6) is 11.5 Å². The highest BCUT2D eigenvalue weighted by Crippen LogP contribution is 2.42. The van der Waals surface area contributed by atoms with E-state index in [1.165, 1.54) is 12.1 Å². The number of amides is 1. The molecule has 0 radical (unpaired) electrons. The Balaban J connectivity index is 1.88. The van der Waals surface area contributed by atoms with Crippen LogP contribution >= 0.6 is 0 Å². The maximum absolute atomic E-state index is 14.0. The predicted octanol–water partition coefficient (Wildman–Crippen LogP) is 2.04. The number of nitrogen functional groups attached to an aromatic ring is 1. The van der Waals surface area contributed by atoms with E-state index in [0.29, 0.717) is 22.2 Å². The Morgan fingerprint density at radius 1 is 1.06 bits per heavy atom. The molecule has 0 atom stereocenters. The summed E-state index contributed by atoms with van der Waals surface area (Å²) < 4.78 is 14.0. The predicted molar refractivity (Wildman–Crippen MR) is 131 cm³/mol. The number of carbonyl (C=O) groups is 1. The Labute approximate surface area is 204 Å². The van der Waals surface area contributed by atoms with Gasteiger partial charge >= 0.3 is 0 Å². The number of hydrogen-bond donors (Lipinski definition) is 7. The Kier molecular flexibility index (Phi) is 6.86. The molecule has 0 aliphatic carbocycles. The Morgan fingerprint density at radius 2 is 1.81 bits per heavy atom. The summed E-state index contributed by atoms with van der Waals surface area (Å²) in [6.45, 7) is -0.999. The van der Waals surface area contributed by atoms with Crippen LogP contribution in [-0.2, 0) is 11.2 Å². The lowest BCUT2D eigenvalue weighted by molar-refractivity contribution is -0.134. The van der Waals surface area contributed by atoms with Gasteiger partial charge in [-0.1, -0.05) is 0 Å². The number of rotatable bonds is 8. The maximum Gasteiger partial charge on any atom is 0.228 e. The van der Waals surface area contributed by atoms with Gasteiger partial charge in [0.2, 0.25) is 5.91 Å². The fourth-order valence-electron chi connectivity index (χ4n) is 3.89. The molecule has 10 nitrogen and oxygen atoms in total. The van der Waals surface area contributed by atoms with E-state index in [-0.39, 0.29) is 59.4 Å². The van der Waals surface area contributed by atoms with Gasteiger partial charge in [0.05, 0.1) is 29.6 Å². The van der Waals surface area contributed by atoms with Crippen molar-refractivity contribution in [2.24, 2.45) is 5.73 Å². The van der Waals surface area contributed by atoms with Gasteiger partial charge in [-0.05, 0) is 54.1 Å². The van der Waals surface area contributed by atoms with Crippen molar-refractivity contribution in [3.05, 3.63) is 65.5 Å². The van der Waals surface area contributed by atoms with Crippen molar-refractivity contribution < 1.29 is 29.6 Å². The number of aromatic nitrogens is 2. The first-order chi connectivity index (χ1) is 17.2. The number of hydrogen-bond acceptors (Lipinski definition) is 7. The molecule has 0 aliphatic heterocycles. The number of benzene rings is 3. The monoisotopic (exact) mass is 493 g/mol. The largest absolute Gasteiger partial charge is 0.507 e. The summed E-state index contributed by atoms with van der Waals surface area (Å²) in [4.78, 5) is 21.3. The number of aromatic amines is 1. The van der Waals surface area contributed by atoms with Crippen LogP contribution in [0.1, 0.15) is 11.1 Å². The number of nitrogens with two attached hydrogens (primary N) is 1. The topological polar surface area (TPSA) is 180 Å². The average molecular weight is 493 g/mol. The van der Waals surface area contributed by atoms with E-state index in [1.54, 1.807) is 18.2 Å². The van der Waals surface area contributed by atoms with E-state index >= 15 is 0 Å². The summed E-state index contributed by atoms with van der Waals surface area (Å²) in [6.07, 6.45) is -0.217. The van der Waals surface area contributed by atoms with Gasteiger partial charge in [0, 0.05) is 23.2 Å². The van der Waals surface area contributed by atoms with Crippen LogP contribution < -0.4 is 5.73 Å². The highest BCUT2D eigenvalue weighted by Gasteiger charge is 2.21. The molecule has 1 aromatic heterocycles. The third-order valence-corrected chi connectivity index (χ3v) is 5.72. The lowest BCUT2D eigenvalue weighted by Crippen LogP contribution is -2.35. The molecule has 0 unspecified atom stereocenters. The lowest BCUT2D eigenvalue weighted by Gasteiger charge is -2.19. The number of carbonyl (C=O) groups excluding carboxylic acids is 1. The Bertz CT molecular complexity index is 1470. The summed E-state index contributed by atoms with van der Waals surface area (Å²) in [5.41, 5.74) is 7.74. The maximum atomic E-state index is 14.0. The van der Waals surface area contributed by atoms with Crippen LogP contribution in [-0.4, -0.2) is 66.9 Å². The first kappa shape index (κ1) is 24.6. The number of phenols is 2. The summed E-state index contributed by atoms with van der Waals surface area (Å²) in [5, 5.41) is 47.8. The Morgan fingerprint density at radius 3 is 2.50 bits per heavy atom. The molecule has 0 fully saturated rings. The van der Waals surface area contributed by atoms with E-state index < -0.39 is 18.5 Å². The third-order valence-electron chi connectivity index (χ3n) is 5.72. The molecule has 186 valence electrons. The smallest absolute Gasteiger partial charge is 0.228 e. The van der Waals surface area contributed by atoms with Gasteiger partial charge in [-0.3, -0.25) is 10.2 Å². The zero-order chi connectivity index (χ0) is 26.0. The molecule has 1 amide bonds. The second-order valence-electron chi connectivity index (χ2n) is 8.13. The van der Waals surface area contributed by atoms with Gasteiger partial charge in [0.25, 0.3) is 0 Å². The molecular weight excluding hydrogens is 469 g/mol. The van der Waals surface area contributed by atoms with Crippen LogP contribution in [0, 0.1) is 11.2 Å². The van der Waals surface area contributed by atoms with Gasteiger partial charge in [-0.15, -0.1) is 0 Å². The number of H-pyrrole nitrogens is 1. The van der Waals surface area contributed by atoms with Crippen molar-refractivity contribution in [3.63, 3.8) is 0 Å². The number of aliphatic hydroxyl groups excluding tert-OH is 2. The molecular formula is C25H24FN5O5. The van der Waals surface area contributed by atoms with E-state index in [0.717, 1.165) is 23.1 Å². The molecule has 0 saturated carbocycles. The minimum Gasteiger partial charge on any atom is -0.507 e. The van der Waals surface area contributed by atoms with Crippen molar-refractivity contribution >= 4 is 22.8 Å². The van der Waals surface area contributed by atoms with Crippen LogP contribution in [0.15, 0.2) is 48.5 Å². The number of aliphatic hydroxyl groups is 2. The molecule has 4 rings (SSSR count). The van der Waals surface area contributed by atoms with Crippen LogP contribution in [0.3, 0.4) is 0 Å². The second-order valence-corrected chi connectivity index (χ2v) is 8.13. The fourth-order valence-corrected chi connectivity index (χ4v) is 3.89. The van der Waals surface area contributed by atoms with Crippen molar-refractivity contribution in [2.75, 3.05) is 19.9 Å². The van der Waals surface area contributed by atoms with E-state index in [4.69, 9.17) is 16.2 Å². The van der Waals surface area contributed by atoms with Crippen molar-refractivity contribution in [2.45, 2.75) is 6.42 Å². The van der Waals surface area contributed by atoms with E-state index in [9.17, 15) is 24.5 Å². The summed E-state index contributed by atoms with van der Waals surface area (Å²) in [5.74, 6) is -1.63. The molecule has 36 heavy (non-hydrogen) atoms. The van der Waals surface area contributed by atoms with E-state index in [2.05, 4.69) is 9.97 Å². The molecule has 0 aliphatic rings. The van der Waals surface area contributed by atoms with Crippen molar-refractivity contribution in [3.8, 4) is 34.0 Å². The molecule has 0 bridgehead atoms. The number of fused-ring (bicyclic) bond motifs is 1. The van der Waals surface area contributed by atoms with Gasteiger partial charge in [-0.25, -0.2) is 9.37 Å². The molecule has 1 heterocycles. The van der Waals surface area contributed by atoms with Crippen LogP contribution in [0.2, 0.25) is 0 Å². The fraction of sp³-hybridized carbons (Fsp3) is 0.160. The summed E-state index contributed by atoms with van der Waals surface area (Å²) in [6, 6.07) is 11.2. The molecule has 11 heteroatoms. The SMILES string of the molecule is N=C(N)c1ccc2nc(-c3cc(CC(=O)N(CO)CCO)cc(-c4cc(F)ccc4O)c3O)[nH]c2c1. The first-order valence-electron chi connectivity index (χ1n) is 10.9. The number of amidine groups is 1. The molecule has 0 saturated heterocycles. The van der Waals surface area contributed by atoms with Crippen LogP contribution in [0.25, 0.3) is 33.5 Å². The van der Waals surface area contributed by atoms with Gasteiger partial charge in [-0.2, -0.15) is 0 Å². The van der Waals surface area contributed by atoms with Crippen LogP contribution in [0.4, 0.5) is 4.39 Å². The lowest BCUT2D eigenvalue weighted by atomic mass is 9.95. The standard InChI is InChI=1S/C25H24FN5O5/c26-15-2-4-21(34)16(11-15)17-7-13(9-22(35)31(12-33)5-6-32)8-18(23(17)36)25-29-19-3-1-14(24(27)28)10-20(19)30-25/h1-4,7-8,10-11,32-34,36H,5-6,9,12H2,(H3,27,28)(H,29,30). The number of nitrogens with one attached hydrogen (secondary N) is 2. The highest BCUT2D eigenvalue weighted by molar-refractivity contribution is 5.98. The minimum absolute atomic E-state index is 0.00685. The summed E-state index contributed by atoms with van der Waals surface area (Å²) in [7, 11) is 0. The van der Waals surface area contributed by atoms with E-state index in [1.807, 2.05) is 0 Å². The number of nitrogens with zero attached hydrogens (tertiary/aromatic N) is 2. The molecule has 3 aromatic carbocycles. The van der Waals surface area contributed by atoms with Crippen molar-refractivity contribution in [1.29, 1.82) is 5.41 Å². The van der Waals surface area contributed by atoms with Crippen molar-refractivity contribution in [1.82, 2.24) is 14.9 Å². The van der Waals surface area contributed by atoms with Gasteiger partial charge in [0.1, 0.15) is 35.7 Å². The zero-order valence-electron chi connectivity index (χ0n) is 19.0. The normalized spacial score (nSPS) is 11.1. The first-order valence-corrected chi connectivity index (χ1v) is 10.9. The number of halogens is 1. The summed E-state index contributed by atoms with van der Waals surface area (Å²) >= 11 is 0. The van der Waals surface area contributed by atoms with Gasteiger partial charge < -0.3 is 36.0 Å². The quantitative estimate of drug-likeness (QED) is 0.111. The number of imidazole rings is 1. The molecule has 0 spiro atoms. The second kappa shape index (κ2) is 10.0. The zero-order valence-corrected chi connectivity index (χ0v) is 19.0. The van der Waals surface area contributed by atoms with Gasteiger partial charge in [0.15, 0.2) is 0 Å². The molecule has 8 N–H and O–H groups in total. The average Bonchev–Trinajstić information content (AvgIpc) is 3.28. The number of phenolic OH excluding ortho intramolecular Hbond substituents is 2. The Hall–Kier alpha value is -4.48. The third kappa shape index (κ3) is 4.83. The number of aromatic hydroxyl groups is 2. The highest BCUT2D eigenvalue weighted by atomic mass is 19.1. The minimum atomic E-state index is -0.639.